The summed E-state index contributed by atoms with van der Waals surface area (Å²) in [5.41, 5.74) is 2.11. The van der Waals surface area contributed by atoms with E-state index >= 15 is 0 Å². The van der Waals surface area contributed by atoms with Crippen molar-refractivity contribution in [3.8, 4) is 11.5 Å². The summed E-state index contributed by atoms with van der Waals surface area (Å²) in [7, 11) is 1.59. The first-order valence-electron chi connectivity index (χ1n) is 8.99. The van der Waals surface area contributed by atoms with E-state index in [0.29, 0.717) is 11.5 Å². The largest absolute Gasteiger partial charge is 0.493 e. The topological polar surface area (TPSA) is 47.6 Å². The van der Waals surface area contributed by atoms with Gasteiger partial charge in [-0.2, -0.15) is 0 Å². The number of thiophene rings is 1. The summed E-state index contributed by atoms with van der Waals surface area (Å²) < 4.78 is 11.1. The quantitative estimate of drug-likeness (QED) is 0.533. The molecule has 5 heteroatoms. The van der Waals surface area contributed by atoms with Gasteiger partial charge in [0.1, 0.15) is 0 Å². The highest BCUT2D eigenvalue weighted by atomic mass is 32.1. The second-order valence-electron chi connectivity index (χ2n) is 6.19. The van der Waals surface area contributed by atoms with Crippen LogP contribution in [0.25, 0.3) is 0 Å². The van der Waals surface area contributed by atoms with Gasteiger partial charge in [-0.05, 0) is 41.1 Å². The molecule has 0 saturated heterocycles. The molecule has 1 N–H and O–H groups in total. The van der Waals surface area contributed by atoms with E-state index in [-0.39, 0.29) is 18.6 Å². The van der Waals surface area contributed by atoms with Crippen molar-refractivity contribution < 1.29 is 14.3 Å². The number of rotatable bonds is 9. The molecule has 0 saturated carbocycles. The fourth-order valence-corrected chi connectivity index (χ4v) is 3.69. The van der Waals surface area contributed by atoms with Crippen molar-refractivity contribution in [2.24, 2.45) is 0 Å². The van der Waals surface area contributed by atoms with Crippen LogP contribution >= 0.6 is 11.3 Å². The number of benzene rings is 2. The van der Waals surface area contributed by atoms with Crippen molar-refractivity contribution in [3.05, 3.63) is 94.7 Å². The lowest BCUT2D eigenvalue weighted by molar-refractivity contribution is -0.123. The number of hydrogen-bond acceptors (Lipinski definition) is 4. The van der Waals surface area contributed by atoms with Crippen LogP contribution in [-0.4, -0.2) is 19.6 Å². The first-order valence-corrected chi connectivity index (χ1v) is 9.87. The molecule has 1 atom stereocenters. The van der Waals surface area contributed by atoms with Gasteiger partial charge in [0.25, 0.3) is 5.91 Å². The van der Waals surface area contributed by atoms with Gasteiger partial charge in [-0.3, -0.25) is 4.79 Å². The van der Waals surface area contributed by atoms with Crippen LogP contribution < -0.4 is 14.8 Å². The fourth-order valence-electron chi connectivity index (χ4n) is 2.89. The molecule has 0 fully saturated rings. The highest BCUT2D eigenvalue weighted by molar-refractivity contribution is 7.10. The molecule has 1 heterocycles. The van der Waals surface area contributed by atoms with Crippen molar-refractivity contribution in [3.63, 3.8) is 0 Å². The molecule has 1 amide bonds. The molecule has 1 aromatic heterocycles. The lowest BCUT2D eigenvalue weighted by Gasteiger charge is -2.18. The third-order valence-corrected chi connectivity index (χ3v) is 5.17. The molecule has 0 aliphatic heterocycles. The summed E-state index contributed by atoms with van der Waals surface area (Å²) >= 11 is 1.61. The first-order chi connectivity index (χ1) is 13.7. The minimum Gasteiger partial charge on any atom is -0.493 e. The third-order valence-electron chi connectivity index (χ3n) is 4.23. The van der Waals surface area contributed by atoms with E-state index in [2.05, 4.69) is 11.9 Å². The third kappa shape index (κ3) is 5.02. The second kappa shape index (κ2) is 9.76. The maximum atomic E-state index is 12.6. The molecule has 0 spiro atoms. The lowest BCUT2D eigenvalue weighted by Crippen LogP contribution is -2.32. The standard InChI is InChI=1S/C23H23NO3S/c1-3-8-17-12-13-19(20(15-17)26-2)27-16-22(25)24-23(21-11-7-14-28-21)18-9-5-4-6-10-18/h3-7,9-15,23H,1,8,16H2,2H3,(H,24,25). The predicted octanol–water partition coefficient (Wildman–Crippen LogP) is 4.77. The Kier molecular flexibility index (Phi) is 6.87. The smallest absolute Gasteiger partial charge is 0.258 e. The summed E-state index contributed by atoms with van der Waals surface area (Å²) in [5.74, 6) is 0.947. The molecule has 2 aromatic carbocycles. The Morgan fingerprint density at radius 1 is 1.14 bits per heavy atom. The van der Waals surface area contributed by atoms with E-state index in [1.807, 2.05) is 72.1 Å². The fraction of sp³-hybridized carbons (Fsp3) is 0.174. The molecular formula is C23H23NO3S. The highest BCUT2D eigenvalue weighted by Crippen LogP contribution is 2.29. The molecule has 0 aliphatic carbocycles. The molecule has 1 unspecified atom stereocenters. The number of allylic oxidation sites excluding steroid dienone is 1. The Balaban J connectivity index is 1.68. The number of nitrogens with one attached hydrogen (secondary N) is 1. The van der Waals surface area contributed by atoms with Crippen molar-refractivity contribution in [2.45, 2.75) is 12.5 Å². The number of amides is 1. The molecule has 0 radical (unpaired) electrons. The van der Waals surface area contributed by atoms with Crippen LogP contribution in [0.1, 0.15) is 22.0 Å². The Bertz CT molecular complexity index is 907. The van der Waals surface area contributed by atoms with Gasteiger partial charge in [-0.15, -0.1) is 17.9 Å². The molecule has 3 rings (SSSR count). The monoisotopic (exact) mass is 393 g/mol. The SMILES string of the molecule is C=CCc1ccc(OCC(=O)NC(c2ccccc2)c2cccs2)c(OC)c1. The molecule has 0 bridgehead atoms. The van der Waals surface area contributed by atoms with Gasteiger partial charge < -0.3 is 14.8 Å². The Morgan fingerprint density at radius 2 is 1.96 bits per heavy atom. The van der Waals surface area contributed by atoms with Crippen molar-refractivity contribution >= 4 is 17.2 Å². The van der Waals surface area contributed by atoms with Crippen LogP contribution in [0.4, 0.5) is 0 Å². The normalized spacial score (nSPS) is 11.5. The number of carbonyl (C=O) groups excluding carboxylic acids is 1. The van der Waals surface area contributed by atoms with E-state index < -0.39 is 0 Å². The average Bonchev–Trinajstić information content (AvgIpc) is 3.26. The van der Waals surface area contributed by atoms with Crippen molar-refractivity contribution in [1.82, 2.24) is 5.32 Å². The summed E-state index contributed by atoms with van der Waals surface area (Å²) in [5, 5.41) is 5.07. The minimum absolute atomic E-state index is 0.0914. The van der Waals surface area contributed by atoms with Crippen LogP contribution in [0.2, 0.25) is 0 Å². The van der Waals surface area contributed by atoms with Crippen LogP contribution in [0.5, 0.6) is 11.5 Å². The van der Waals surface area contributed by atoms with E-state index in [9.17, 15) is 4.79 Å². The van der Waals surface area contributed by atoms with Crippen LogP contribution in [0.15, 0.2) is 78.7 Å². The summed E-state index contributed by atoms with van der Waals surface area (Å²) in [4.78, 5) is 13.7. The number of ether oxygens (including phenoxy) is 2. The van der Waals surface area contributed by atoms with E-state index in [4.69, 9.17) is 9.47 Å². The van der Waals surface area contributed by atoms with Crippen LogP contribution in [-0.2, 0) is 11.2 Å². The summed E-state index contributed by atoms with van der Waals surface area (Å²) in [6.07, 6.45) is 2.58. The molecular weight excluding hydrogens is 370 g/mol. The van der Waals surface area contributed by atoms with E-state index in [1.165, 1.54) is 0 Å². The summed E-state index contributed by atoms with van der Waals surface area (Å²) in [6, 6.07) is 19.4. The van der Waals surface area contributed by atoms with Gasteiger partial charge >= 0.3 is 0 Å². The number of carbonyl (C=O) groups is 1. The van der Waals surface area contributed by atoms with Crippen molar-refractivity contribution in [2.75, 3.05) is 13.7 Å². The van der Waals surface area contributed by atoms with Gasteiger partial charge in [0.05, 0.1) is 13.2 Å². The molecule has 3 aromatic rings. The lowest BCUT2D eigenvalue weighted by atomic mass is 10.1. The molecule has 0 aliphatic rings. The zero-order chi connectivity index (χ0) is 19.8. The Morgan fingerprint density at radius 3 is 2.64 bits per heavy atom. The highest BCUT2D eigenvalue weighted by Gasteiger charge is 2.18. The van der Waals surface area contributed by atoms with Gasteiger partial charge in [0.15, 0.2) is 18.1 Å². The van der Waals surface area contributed by atoms with Crippen LogP contribution in [0.3, 0.4) is 0 Å². The predicted molar refractivity (Wildman–Crippen MR) is 113 cm³/mol. The molecule has 4 nitrogen and oxygen atoms in total. The zero-order valence-electron chi connectivity index (χ0n) is 15.8. The maximum Gasteiger partial charge on any atom is 0.258 e. The van der Waals surface area contributed by atoms with Gasteiger partial charge in [-0.25, -0.2) is 0 Å². The van der Waals surface area contributed by atoms with E-state index in [0.717, 1.165) is 22.4 Å². The first kappa shape index (κ1) is 19.7. The van der Waals surface area contributed by atoms with Gasteiger partial charge in [-0.1, -0.05) is 48.5 Å². The van der Waals surface area contributed by atoms with E-state index in [1.54, 1.807) is 18.4 Å². The number of methoxy groups -OCH3 is 1. The van der Waals surface area contributed by atoms with Crippen LogP contribution in [0, 0.1) is 0 Å². The zero-order valence-corrected chi connectivity index (χ0v) is 16.6. The van der Waals surface area contributed by atoms with Gasteiger partial charge in [0.2, 0.25) is 0 Å². The number of hydrogen-bond donors (Lipinski definition) is 1. The Hall–Kier alpha value is -3.05. The summed E-state index contributed by atoms with van der Waals surface area (Å²) in [6.45, 7) is 3.65. The minimum atomic E-state index is -0.200. The Labute approximate surface area is 169 Å². The molecule has 28 heavy (non-hydrogen) atoms. The molecule has 144 valence electrons. The van der Waals surface area contributed by atoms with Crippen molar-refractivity contribution in [1.29, 1.82) is 0 Å². The second-order valence-corrected chi connectivity index (χ2v) is 7.17. The van der Waals surface area contributed by atoms with Gasteiger partial charge in [0, 0.05) is 4.88 Å². The average molecular weight is 394 g/mol. The maximum absolute atomic E-state index is 12.6.